The molecule has 0 aromatic heterocycles. The molecule has 1 atom stereocenters. The second kappa shape index (κ2) is 6.13. The van der Waals surface area contributed by atoms with Gasteiger partial charge in [-0.2, -0.15) is 0 Å². The normalized spacial score (nSPS) is 18.9. The van der Waals surface area contributed by atoms with Gasteiger partial charge in [-0.3, -0.25) is 9.59 Å². The minimum atomic E-state index is -0.819. The van der Waals surface area contributed by atoms with Crippen molar-refractivity contribution in [3.05, 3.63) is 28.8 Å². The molecule has 0 bridgehead atoms. The number of carboxylic acid groups (broad SMARTS) is 1. The molecule has 0 saturated carbocycles. The first-order valence-corrected chi connectivity index (χ1v) is 6.91. The van der Waals surface area contributed by atoms with E-state index in [1.165, 1.54) is 0 Å². The van der Waals surface area contributed by atoms with E-state index in [0.29, 0.717) is 29.4 Å². The number of rotatable bonds is 3. The molecule has 1 aliphatic heterocycles. The number of hydrogen-bond donors (Lipinski definition) is 2. The van der Waals surface area contributed by atoms with Crippen molar-refractivity contribution in [1.82, 2.24) is 4.90 Å². The molecular weight excluding hydrogens is 280 g/mol. The highest BCUT2D eigenvalue weighted by Gasteiger charge is 2.26. The Kier molecular flexibility index (Phi) is 4.49. The molecule has 1 saturated heterocycles. The molecule has 108 valence electrons. The van der Waals surface area contributed by atoms with E-state index in [0.717, 1.165) is 12.8 Å². The number of anilines is 1. The number of piperidine rings is 1. The van der Waals surface area contributed by atoms with Crippen molar-refractivity contribution >= 4 is 29.2 Å². The minimum absolute atomic E-state index is 0.0230. The lowest BCUT2D eigenvalue weighted by Crippen LogP contribution is -2.40. The molecule has 20 heavy (non-hydrogen) atoms. The van der Waals surface area contributed by atoms with Gasteiger partial charge in [-0.1, -0.05) is 11.6 Å². The summed E-state index contributed by atoms with van der Waals surface area (Å²) in [4.78, 5) is 24.8. The Balaban J connectivity index is 2.08. The van der Waals surface area contributed by atoms with E-state index in [1.54, 1.807) is 23.1 Å². The number of carbonyl (C=O) groups excluding carboxylic acids is 1. The summed E-state index contributed by atoms with van der Waals surface area (Å²) in [5.74, 6) is -0.918. The zero-order valence-corrected chi connectivity index (χ0v) is 11.8. The number of hydrogen-bond acceptors (Lipinski definition) is 3. The fourth-order valence-electron chi connectivity index (χ4n) is 2.52. The number of aliphatic carboxylic acids is 1. The number of benzene rings is 1. The van der Waals surface area contributed by atoms with Gasteiger partial charge in [0.15, 0.2) is 0 Å². The Bertz CT molecular complexity index is 533. The van der Waals surface area contributed by atoms with E-state index in [1.807, 2.05) is 0 Å². The Morgan fingerprint density at radius 3 is 2.85 bits per heavy atom. The summed E-state index contributed by atoms with van der Waals surface area (Å²) in [5.41, 5.74) is 6.56. The topological polar surface area (TPSA) is 83.6 Å². The van der Waals surface area contributed by atoms with Crippen LogP contribution in [0, 0.1) is 5.92 Å². The maximum absolute atomic E-state index is 12.4. The van der Waals surface area contributed by atoms with Crippen LogP contribution in [0.5, 0.6) is 0 Å². The van der Waals surface area contributed by atoms with Gasteiger partial charge in [-0.25, -0.2) is 0 Å². The zero-order valence-electron chi connectivity index (χ0n) is 11.0. The molecule has 1 unspecified atom stereocenters. The first-order chi connectivity index (χ1) is 9.47. The fraction of sp³-hybridized carbons (Fsp3) is 0.429. The highest BCUT2D eigenvalue weighted by atomic mass is 35.5. The van der Waals surface area contributed by atoms with Gasteiger partial charge >= 0.3 is 5.97 Å². The summed E-state index contributed by atoms with van der Waals surface area (Å²) in [6.45, 7) is 1.13. The SMILES string of the molecule is Nc1cc(C(=O)N2CCCC(CC(=O)O)C2)ccc1Cl. The number of nitrogen functional groups attached to an aromatic ring is 1. The molecular formula is C14H17ClN2O3. The Morgan fingerprint density at radius 1 is 1.45 bits per heavy atom. The predicted octanol–water partition coefficient (Wildman–Crippen LogP) is 2.25. The molecule has 6 heteroatoms. The summed E-state index contributed by atoms with van der Waals surface area (Å²) < 4.78 is 0. The van der Waals surface area contributed by atoms with Crippen LogP contribution < -0.4 is 5.73 Å². The van der Waals surface area contributed by atoms with Gasteiger partial charge in [0.1, 0.15) is 0 Å². The van der Waals surface area contributed by atoms with E-state index in [-0.39, 0.29) is 18.2 Å². The van der Waals surface area contributed by atoms with Crippen LogP contribution in [0.2, 0.25) is 5.02 Å². The van der Waals surface area contributed by atoms with Crippen LogP contribution in [0.4, 0.5) is 5.69 Å². The van der Waals surface area contributed by atoms with Gasteiger partial charge in [-0.05, 0) is 37.0 Å². The van der Waals surface area contributed by atoms with E-state index in [4.69, 9.17) is 22.4 Å². The number of nitrogens with zero attached hydrogens (tertiary/aromatic N) is 1. The van der Waals surface area contributed by atoms with Gasteiger partial charge in [0, 0.05) is 25.1 Å². The number of likely N-dealkylation sites (tertiary alicyclic amines) is 1. The molecule has 1 aromatic carbocycles. The highest BCUT2D eigenvalue weighted by Crippen LogP contribution is 2.24. The molecule has 0 spiro atoms. The number of carboxylic acids is 1. The molecule has 5 nitrogen and oxygen atoms in total. The third-order valence-electron chi connectivity index (χ3n) is 3.51. The second-order valence-electron chi connectivity index (χ2n) is 5.09. The second-order valence-corrected chi connectivity index (χ2v) is 5.50. The van der Waals surface area contributed by atoms with Crippen molar-refractivity contribution < 1.29 is 14.7 Å². The minimum Gasteiger partial charge on any atom is -0.481 e. The monoisotopic (exact) mass is 296 g/mol. The molecule has 1 fully saturated rings. The molecule has 1 heterocycles. The first-order valence-electron chi connectivity index (χ1n) is 6.53. The van der Waals surface area contributed by atoms with Crippen molar-refractivity contribution in [1.29, 1.82) is 0 Å². The van der Waals surface area contributed by atoms with E-state index >= 15 is 0 Å². The third kappa shape index (κ3) is 3.42. The average Bonchev–Trinajstić information content (AvgIpc) is 2.40. The first kappa shape index (κ1) is 14.7. The van der Waals surface area contributed by atoms with Crippen LogP contribution in [0.1, 0.15) is 29.6 Å². The maximum Gasteiger partial charge on any atom is 0.303 e. The van der Waals surface area contributed by atoms with Crippen LogP contribution in [0.3, 0.4) is 0 Å². The number of nitrogens with two attached hydrogens (primary N) is 1. The molecule has 2 rings (SSSR count). The van der Waals surface area contributed by atoms with Gasteiger partial charge < -0.3 is 15.7 Å². The summed E-state index contributed by atoms with van der Waals surface area (Å²) in [5, 5.41) is 9.26. The van der Waals surface area contributed by atoms with Gasteiger partial charge in [0.05, 0.1) is 10.7 Å². The van der Waals surface area contributed by atoms with Crippen molar-refractivity contribution in [3.63, 3.8) is 0 Å². The van der Waals surface area contributed by atoms with Crippen molar-refractivity contribution in [2.24, 2.45) is 5.92 Å². The Labute approximate surface area is 122 Å². The third-order valence-corrected chi connectivity index (χ3v) is 3.86. The van der Waals surface area contributed by atoms with Crippen LogP contribution in [-0.4, -0.2) is 35.0 Å². The number of halogens is 1. The standard InChI is InChI=1S/C14H17ClN2O3/c15-11-4-3-10(7-12(11)16)14(20)17-5-1-2-9(8-17)6-13(18)19/h3-4,7,9H,1-2,5-6,8,16H2,(H,18,19). The average molecular weight is 297 g/mol. The fourth-order valence-corrected chi connectivity index (χ4v) is 2.64. The summed E-state index contributed by atoms with van der Waals surface area (Å²) >= 11 is 5.84. The van der Waals surface area contributed by atoms with Crippen LogP contribution in [0.25, 0.3) is 0 Å². The largest absolute Gasteiger partial charge is 0.481 e. The molecule has 3 N–H and O–H groups in total. The van der Waals surface area contributed by atoms with E-state index in [9.17, 15) is 9.59 Å². The summed E-state index contributed by atoms with van der Waals surface area (Å²) in [6.07, 6.45) is 1.78. The molecule has 1 aromatic rings. The van der Waals surface area contributed by atoms with Gasteiger partial charge in [-0.15, -0.1) is 0 Å². The van der Waals surface area contributed by atoms with Gasteiger partial charge in [0.2, 0.25) is 0 Å². The molecule has 0 aliphatic carbocycles. The van der Waals surface area contributed by atoms with Crippen LogP contribution in [-0.2, 0) is 4.79 Å². The van der Waals surface area contributed by atoms with Gasteiger partial charge in [0.25, 0.3) is 5.91 Å². The van der Waals surface area contributed by atoms with Crippen molar-refractivity contribution in [2.75, 3.05) is 18.8 Å². The lowest BCUT2D eigenvalue weighted by atomic mass is 9.94. The number of amides is 1. The lowest BCUT2D eigenvalue weighted by molar-refractivity contribution is -0.138. The quantitative estimate of drug-likeness (QED) is 0.838. The molecule has 1 amide bonds. The maximum atomic E-state index is 12.4. The van der Waals surface area contributed by atoms with E-state index in [2.05, 4.69) is 0 Å². The summed E-state index contributed by atoms with van der Waals surface area (Å²) in [6, 6.07) is 4.80. The predicted molar refractivity (Wildman–Crippen MR) is 76.7 cm³/mol. The highest BCUT2D eigenvalue weighted by molar-refractivity contribution is 6.33. The lowest BCUT2D eigenvalue weighted by Gasteiger charge is -2.32. The summed E-state index contributed by atoms with van der Waals surface area (Å²) in [7, 11) is 0. The van der Waals surface area contributed by atoms with E-state index < -0.39 is 5.97 Å². The van der Waals surface area contributed by atoms with Crippen LogP contribution >= 0.6 is 11.6 Å². The smallest absolute Gasteiger partial charge is 0.303 e. The zero-order chi connectivity index (χ0) is 14.7. The molecule has 1 aliphatic rings. The van der Waals surface area contributed by atoms with Crippen molar-refractivity contribution in [2.45, 2.75) is 19.3 Å². The molecule has 0 radical (unpaired) electrons. The number of carbonyl (C=O) groups is 2. The Morgan fingerprint density at radius 2 is 2.20 bits per heavy atom. The van der Waals surface area contributed by atoms with Crippen LogP contribution in [0.15, 0.2) is 18.2 Å². The van der Waals surface area contributed by atoms with Crippen molar-refractivity contribution in [3.8, 4) is 0 Å². The Hall–Kier alpha value is -1.75.